The highest BCUT2D eigenvalue weighted by atomic mass is 32.1. The summed E-state index contributed by atoms with van der Waals surface area (Å²) in [4.78, 5) is 12.2. The summed E-state index contributed by atoms with van der Waals surface area (Å²) in [5.74, 6) is -0.396. The van der Waals surface area contributed by atoms with E-state index in [-0.39, 0.29) is 0 Å². The van der Waals surface area contributed by atoms with Crippen LogP contribution in [0, 0.1) is 11.3 Å². The summed E-state index contributed by atoms with van der Waals surface area (Å²) >= 11 is 1.33. The van der Waals surface area contributed by atoms with Crippen LogP contribution in [-0.2, 0) is 9.53 Å². The van der Waals surface area contributed by atoms with Gasteiger partial charge in [-0.2, -0.15) is 5.26 Å². The molecule has 3 nitrogen and oxygen atoms in total. The molecule has 0 atom stereocenters. The minimum atomic E-state index is -0.396. The Morgan fingerprint density at radius 3 is 3.00 bits per heavy atom. The fourth-order valence-electron chi connectivity index (χ4n) is 0.721. The zero-order valence-corrected chi connectivity index (χ0v) is 7.80. The Balaban J connectivity index is 2.70. The van der Waals surface area contributed by atoms with Gasteiger partial charge in [0.05, 0.1) is 7.11 Å². The minimum Gasteiger partial charge on any atom is -0.466 e. The lowest BCUT2D eigenvalue weighted by Crippen LogP contribution is -1.92. The number of methoxy groups -OCH3 is 1. The highest BCUT2D eigenvalue weighted by Crippen LogP contribution is 2.16. The number of hydrogen-bond donors (Lipinski definition) is 0. The molecule has 0 unspecified atom stereocenters. The number of nitrogens with zero attached hydrogens (tertiary/aromatic N) is 1. The molecule has 0 radical (unpaired) electrons. The second kappa shape index (κ2) is 4.43. The predicted molar refractivity (Wildman–Crippen MR) is 50.1 cm³/mol. The average molecular weight is 193 g/mol. The Bertz CT molecular complexity index is 373. The van der Waals surface area contributed by atoms with Crippen molar-refractivity contribution in [3.05, 3.63) is 28.0 Å². The van der Waals surface area contributed by atoms with Crippen molar-refractivity contribution in [3.63, 3.8) is 0 Å². The van der Waals surface area contributed by atoms with Gasteiger partial charge in [-0.15, -0.1) is 11.3 Å². The molecular formula is C9H7NO2S. The third kappa shape index (κ3) is 2.73. The lowest BCUT2D eigenvalue weighted by Gasteiger charge is -1.87. The number of carbonyl (C=O) groups excluding carboxylic acids is 1. The summed E-state index contributed by atoms with van der Waals surface area (Å²) in [5.41, 5.74) is 0. The molecule has 0 aromatic carbocycles. The van der Waals surface area contributed by atoms with Crippen LogP contribution in [0.5, 0.6) is 0 Å². The van der Waals surface area contributed by atoms with Gasteiger partial charge in [0.1, 0.15) is 10.9 Å². The highest BCUT2D eigenvalue weighted by molar-refractivity contribution is 7.13. The van der Waals surface area contributed by atoms with Gasteiger partial charge in [-0.3, -0.25) is 0 Å². The van der Waals surface area contributed by atoms with E-state index in [1.807, 2.05) is 6.07 Å². The fourth-order valence-corrected chi connectivity index (χ4v) is 1.43. The van der Waals surface area contributed by atoms with E-state index >= 15 is 0 Å². The first kappa shape index (κ1) is 9.49. The Labute approximate surface area is 79.9 Å². The third-order valence-corrected chi connectivity index (χ3v) is 2.28. The molecule has 0 bridgehead atoms. The van der Waals surface area contributed by atoms with Gasteiger partial charge in [-0.25, -0.2) is 4.79 Å². The van der Waals surface area contributed by atoms with Crippen LogP contribution in [0.25, 0.3) is 6.08 Å². The molecular weight excluding hydrogens is 186 g/mol. The van der Waals surface area contributed by atoms with E-state index in [2.05, 4.69) is 4.74 Å². The molecule has 0 amide bonds. The molecule has 0 aliphatic carbocycles. The van der Waals surface area contributed by atoms with E-state index in [1.54, 1.807) is 18.2 Å². The first-order chi connectivity index (χ1) is 6.26. The fraction of sp³-hybridized carbons (Fsp3) is 0.111. The molecule has 0 spiro atoms. The first-order valence-corrected chi connectivity index (χ1v) is 4.34. The monoisotopic (exact) mass is 193 g/mol. The van der Waals surface area contributed by atoms with E-state index in [1.165, 1.54) is 24.5 Å². The number of rotatable bonds is 2. The van der Waals surface area contributed by atoms with Gasteiger partial charge >= 0.3 is 5.97 Å². The maximum atomic E-state index is 10.7. The number of carbonyl (C=O) groups is 1. The van der Waals surface area contributed by atoms with Crippen LogP contribution in [0.4, 0.5) is 0 Å². The Kier molecular flexibility index (Phi) is 3.23. The summed E-state index contributed by atoms with van der Waals surface area (Å²) in [6.45, 7) is 0. The number of hydrogen-bond acceptors (Lipinski definition) is 4. The van der Waals surface area contributed by atoms with Crippen molar-refractivity contribution in [2.24, 2.45) is 0 Å². The summed E-state index contributed by atoms with van der Waals surface area (Å²) < 4.78 is 4.42. The summed E-state index contributed by atoms with van der Waals surface area (Å²) in [5, 5.41) is 8.52. The molecule has 13 heavy (non-hydrogen) atoms. The van der Waals surface area contributed by atoms with Gasteiger partial charge in [0, 0.05) is 11.0 Å². The van der Waals surface area contributed by atoms with Crippen molar-refractivity contribution in [1.29, 1.82) is 5.26 Å². The molecule has 0 aliphatic rings. The van der Waals surface area contributed by atoms with Crippen molar-refractivity contribution in [2.45, 2.75) is 0 Å². The third-order valence-electron chi connectivity index (χ3n) is 1.32. The van der Waals surface area contributed by atoms with Gasteiger partial charge in [-0.05, 0) is 18.2 Å². The molecule has 0 N–H and O–H groups in total. The van der Waals surface area contributed by atoms with E-state index in [4.69, 9.17) is 5.26 Å². The summed E-state index contributed by atoms with van der Waals surface area (Å²) in [6.07, 6.45) is 2.95. The van der Waals surface area contributed by atoms with Gasteiger partial charge in [-0.1, -0.05) is 0 Å². The van der Waals surface area contributed by atoms with Crippen LogP contribution >= 0.6 is 11.3 Å². The van der Waals surface area contributed by atoms with E-state index < -0.39 is 5.97 Å². The standard InChI is InChI=1S/C9H7NO2S/c1-12-9(11)5-4-7-2-3-8(6-10)13-7/h2-5H,1H3/b5-4+. The zero-order chi connectivity index (χ0) is 9.68. The number of nitriles is 1. The average Bonchev–Trinajstić information content (AvgIpc) is 2.61. The van der Waals surface area contributed by atoms with Crippen molar-refractivity contribution in [1.82, 2.24) is 0 Å². The van der Waals surface area contributed by atoms with Crippen LogP contribution in [-0.4, -0.2) is 13.1 Å². The van der Waals surface area contributed by atoms with Crippen molar-refractivity contribution >= 4 is 23.4 Å². The molecule has 4 heteroatoms. The summed E-state index contributed by atoms with van der Waals surface area (Å²) in [6, 6.07) is 5.51. The van der Waals surface area contributed by atoms with Crippen molar-refractivity contribution < 1.29 is 9.53 Å². The van der Waals surface area contributed by atoms with Crippen molar-refractivity contribution in [2.75, 3.05) is 7.11 Å². The van der Waals surface area contributed by atoms with Gasteiger partial charge < -0.3 is 4.74 Å². The second-order valence-electron chi connectivity index (χ2n) is 2.17. The van der Waals surface area contributed by atoms with Gasteiger partial charge in [0.2, 0.25) is 0 Å². The van der Waals surface area contributed by atoms with Gasteiger partial charge in [0.15, 0.2) is 0 Å². The topological polar surface area (TPSA) is 50.1 Å². The lowest BCUT2D eigenvalue weighted by atomic mass is 10.4. The summed E-state index contributed by atoms with van der Waals surface area (Å²) in [7, 11) is 1.32. The smallest absolute Gasteiger partial charge is 0.330 e. The molecule has 1 aromatic rings. The van der Waals surface area contributed by atoms with E-state index in [0.717, 1.165) is 4.88 Å². The van der Waals surface area contributed by atoms with Gasteiger partial charge in [0.25, 0.3) is 0 Å². The zero-order valence-electron chi connectivity index (χ0n) is 6.98. The minimum absolute atomic E-state index is 0.396. The molecule has 1 rings (SSSR count). The molecule has 0 saturated heterocycles. The normalized spacial score (nSPS) is 9.85. The molecule has 0 saturated carbocycles. The Hall–Kier alpha value is -1.60. The Morgan fingerprint density at radius 1 is 1.69 bits per heavy atom. The molecule has 66 valence electrons. The van der Waals surface area contributed by atoms with Crippen LogP contribution < -0.4 is 0 Å². The molecule has 1 heterocycles. The quantitative estimate of drug-likeness (QED) is 0.531. The maximum Gasteiger partial charge on any atom is 0.330 e. The van der Waals surface area contributed by atoms with Crippen LogP contribution in [0.3, 0.4) is 0 Å². The number of esters is 1. The van der Waals surface area contributed by atoms with Crippen LogP contribution in [0.2, 0.25) is 0 Å². The molecule has 0 aliphatic heterocycles. The number of ether oxygens (including phenoxy) is 1. The highest BCUT2D eigenvalue weighted by Gasteiger charge is 1.96. The molecule has 0 fully saturated rings. The predicted octanol–water partition coefficient (Wildman–Crippen LogP) is 1.81. The first-order valence-electron chi connectivity index (χ1n) is 3.52. The number of thiophene rings is 1. The largest absolute Gasteiger partial charge is 0.466 e. The SMILES string of the molecule is COC(=O)/C=C/c1ccc(C#N)s1. The second-order valence-corrected chi connectivity index (χ2v) is 3.29. The van der Waals surface area contributed by atoms with Crippen LogP contribution in [0.1, 0.15) is 9.75 Å². The molecule has 1 aromatic heterocycles. The van der Waals surface area contributed by atoms with Crippen LogP contribution in [0.15, 0.2) is 18.2 Å². The van der Waals surface area contributed by atoms with E-state index in [0.29, 0.717) is 4.88 Å². The maximum absolute atomic E-state index is 10.7. The van der Waals surface area contributed by atoms with Crippen molar-refractivity contribution in [3.8, 4) is 6.07 Å². The Morgan fingerprint density at radius 2 is 2.46 bits per heavy atom. The van der Waals surface area contributed by atoms with E-state index in [9.17, 15) is 4.79 Å². The lowest BCUT2D eigenvalue weighted by molar-refractivity contribution is -0.134.